The van der Waals surface area contributed by atoms with E-state index in [1.54, 1.807) is 10.6 Å². The zero-order valence-corrected chi connectivity index (χ0v) is 9.25. The van der Waals surface area contributed by atoms with Gasteiger partial charge in [-0.3, -0.25) is 4.79 Å². The molecule has 2 heterocycles. The maximum Gasteiger partial charge on any atom is 0.246 e. The number of carbonyl (C=O) groups is 1. The van der Waals surface area contributed by atoms with Crippen LogP contribution in [-0.2, 0) is 6.54 Å². The van der Waals surface area contributed by atoms with Gasteiger partial charge in [0, 0.05) is 12.1 Å². The van der Waals surface area contributed by atoms with Crippen LogP contribution in [0.4, 0.5) is 0 Å². The minimum atomic E-state index is 0.243. The van der Waals surface area contributed by atoms with Gasteiger partial charge in [-0.15, -0.1) is 0 Å². The normalized spacial score (nSPS) is 10.9. The highest BCUT2D eigenvalue weighted by molar-refractivity contribution is 5.72. The van der Waals surface area contributed by atoms with Gasteiger partial charge in [0.05, 0.1) is 5.69 Å². The van der Waals surface area contributed by atoms with Crippen molar-refractivity contribution in [1.29, 1.82) is 0 Å². The Labute approximate surface area is 93.1 Å². The van der Waals surface area contributed by atoms with Crippen molar-refractivity contribution in [2.24, 2.45) is 0 Å². The van der Waals surface area contributed by atoms with Gasteiger partial charge in [-0.25, -0.2) is 0 Å². The summed E-state index contributed by atoms with van der Waals surface area (Å²) in [6.07, 6.45) is 2.61. The van der Waals surface area contributed by atoms with Crippen molar-refractivity contribution in [3.8, 4) is 0 Å². The number of nitrogens with zero attached hydrogens (tertiary/aromatic N) is 3. The van der Waals surface area contributed by atoms with Crippen LogP contribution in [0.5, 0.6) is 0 Å². The summed E-state index contributed by atoms with van der Waals surface area (Å²) in [6.45, 7) is 4.43. The van der Waals surface area contributed by atoms with Crippen LogP contribution < -0.4 is 0 Å². The maximum atomic E-state index is 10.7. The summed E-state index contributed by atoms with van der Waals surface area (Å²) in [5.74, 6) is 1.45. The van der Waals surface area contributed by atoms with Gasteiger partial charge in [0.2, 0.25) is 5.89 Å². The molecule has 84 valence electrons. The molecule has 0 aliphatic heterocycles. The summed E-state index contributed by atoms with van der Waals surface area (Å²) in [5.41, 5.74) is 0.601. The molecule has 0 bridgehead atoms. The van der Waals surface area contributed by atoms with Crippen molar-refractivity contribution >= 4 is 6.29 Å². The van der Waals surface area contributed by atoms with Crippen molar-refractivity contribution in [2.75, 3.05) is 0 Å². The van der Waals surface area contributed by atoms with E-state index in [1.807, 2.05) is 26.1 Å². The molecule has 2 aromatic rings. The Morgan fingerprint density at radius 2 is 2.38 bits per heavy atom. The lowest BCUT2D eigenvalue weighted by atomic mass is 10.2. The second kappa shape index (κ2) is 4.30. The fourth-order valence-electron chi connectivity index (χ4n) is 1.39. The number of aromatic nitrogens is 3. The highest BCUT2D eigenvalue weighted by atomic mass is 16.5. The predicted molar refractivity (Wildman–Crippen MR) is 57.3 cm³/mol. The van der Waals surface area contributed by atoms with E-state index in [2.05, 4.69) is 10.1 Å². The maximum absolute atomic E-state index is 10.7. The summed E-state index contributed by atoms with van der Waals surface area (Å²) in [4.78, 5) is 15.0. The summed E-state index contributed by atoms with van der Waals surface area (Å²) in [6, 6.07) is 3.55. The van der Waals surface area contributed by atoms with E-state index in [0.717, 1.165) is 6.29 Å². The fraction of sp³-hybridized carbons (Fsp3) is 0.364. The Morgan fingerprint density at radius 3 is 3.00 bits per heavy atom. The molecule has 0 spiro atoms. The smallest absolute Gasteiger partial charge is 0.246 e. The Morgan fingerprint density at radius 1 is 1.56 bits per heavy atom. The molecular weight excluding hydrogens is 206 g/mol. The van der Waals surface area contributed by atoms with E-state index < -0.39 is 0 Å². The van der Waals surface area contributed by atoms with E-state index in [1.165, 1.54) is 0 Å². The lowest BCUT2D eigenvalue weighted by molar-refractivity contribution is 0.111. The van der Waals surface area contributed by atoms with Gasteiger partial charge < -0.3 is 9.09 Å². The van der Waals surface area contributed by atoms with Crippen molar-refractivity contribution in [3.05, 3.63) is 35.7 Å². The van der Waals surface area contributed by atoms with Crippen molar-refractivity contribution in [3.63, 3.8) is 0 Å². The molecule has 0 aromatic carbocycles. The van der Waals surface area contributed by atoms with E-state index >= 15 is 0 Å². The second-order valence-corrected chi connectivity index (χ2v) is 3.88. The molecule has 0 atom stereocenters. The molecule has 0 fully saturated rings. The van der Waals surface area contributed by atoms with Crippen LogP contribution in [0.1, 0.15) is 42.0 Å². The van der Waals surface area contributed by atoms with E-state index in [4.69, 9.17) is 4.52 Å². The first kappa shape index (κ1) is 10.6. The summed E-state index contributed by atoms with van der Waals surface area (Å²) >= 11 is 0. The molecule has 16 heavy (non-hydrogen) atoms. The van der Waals surface area contributed by atoms with Gasteiger partial charge in [-0.05, 0) is 12.1 Å². The Kier molecular flexibility index (Phi) is 2.85. The molecule has 0 aliphatic rings. The van der Waals surface area contributed by atoms with Crippen LogP contribution in [0.3, 0.4) is 0 Å². The number of hydrogen-bond acceptors (Lipinski definition) is 4. The second-order valence-electron chi connectivity index (χ2n) is 3.88. The van der Waals surface area contributed by atoms with Crippen molar-refractivity contribution < 1.29 is 9.32 Å². The molecule has 0 unspecified atom stereocenters. The molecule has 2 rings (SSSR count). The number of aldehydes is 1. The third kappa shape index (κ3) is 2.03. The van der Waals surface area contributed by atoms with Gasteiger partial charge in [0.1, 0.15) is 6.54 Å². The molecule has 5 nitrogen and oxygen atoms in total. The van der Waals surface area contributed by atoms with Gasteiger partial charge in [-0.1, -0.05) is 19.0 Å². The zero-order chi connectivity index (χ0) is 11.5. The molecule has 0 radical (unpaired) electrons. The Balaban J connectivity index is 2.17. The monoisotopic (exact) mass is 219 g/mol. The predicted octanol–water partition coefficient (Wildman–Crippen LogP) is 1.86. The van der Waals surface area contributed by atoms with Crippen LogP contribution in [0, 0.1) is 0 Å². The first-order valence-corrected chi connectivity index (χ1v) is 5.13. The first-order valence-electron chi connectivity index (χ1n) is 5.13. The van der Waals surface area contributed by atoms with Crippen molar-refractivity contribution in [2.45, 2.75) is 26.3 Å². The lowest BCUT2D eigenvalue weighted by Crippen LogP contribution is -2.02. The van der Waals surface area contributed by atoms with Crippen molar-refractivity contribution in [1.82, 2.24) is 14.7 Å². The standard InChI is InChI=1S/C11H13N3O2/c1-8(2)11-12-10(16-13-11)6-14-5-3-4-9(14)7-15/h3-5,7-8H,6H2,1-2H3. The molecule has 0 saturated carbocycles. The lowest BCUT2D eigenvalue weighted by Gasteiger charge is -1.99. The summed E-state index contributed by atoms with van der Waals surface area (Å²) in [7, 11) is 0. The number of hydrogen-bond donors (Lipinski definition) is 0. The molecular formula is C11H13N3O2. The summed E-state index contributed by atoms with van der Waals surface area (Å²) < 4.78 is 6.87. The van der Waals surface area contributed by atoms with E-state index in [-0.39, 0.29) is 5.92 Å². The quantitative estimate of drug-likeness (QED) is 0.736. The first-order chi connectivity index (χ1) is 7.70. The average molecular weight is 219 g/mol. The topological polar surface area (TPSA) is 60.9 Å². The van der Waals surface area contributed by atoms with Crippen LogP contribution in [-0.4, -0.2) is 21.0 Å². The molecule has 0 aliphatic carbocycles. The van der Waals surface area contributed by atoms with Crippen LogP contribution in [0.25, 0.3) is 0 Å². The van der Waals surface area contributed by atoms with Crippen LogP contribution >= 0.6 is 0 Å². The Bertz CT molecular complexity index is 485. The largest absolute Gasteiger partial charge is 0.337 e. The van der Waals surface area contributed by atoms with Gasteiger partial charge in [-0.2, -0.15) is 4.98 Å². The van der Waals surface area contributed by atoms with Crippen LogP contribution in [0.2, 0.25) is 0 Å². The van der Waals surface area contributed by atoms with Gasteiger partial charge in [0.15, 0.2) is 12.1 Å². The van der Waals surface area contributed by atoms with E-state index in [9.17, 15) is 4.79 Å². The SMILES string of the molecule is CC(C)c1noc(Cn2cccc2C=O)n1. The molecule has 5 heteroatoms. The molecule has 2 aromatic heterocycles. The third-order valence-electron chi connectivity index (χ3n) is 2.29. The fourth-order valence-corrected chi connectivity index (χ4v) is 1.39. The van der Waals surface area contributed by atoms with Gasteiger partial charge in [0.25, 0.3) is 0 Å². The summed E-state index contributed by atoms with van der Waals surface area (Å²) in [5, 5.41) is 3.86. The van der Waals surface area contributed by atoms with Crippen LogP contribution in [0.15, 0.2) is 22.9 Å². The van der Waals surface area contributed by atoms with E-state index in [0.29, 0.717) is 24.0 Å². The molecule has 0 amide bonds. The average Bonchev–Trinajstić information content (AvgIpc) is 2.87. The minimum absolute atomic E-state index is 0.243. The highest BCUT2D eigenvalue weighted by Crippen LogP contribution is 2.11. The minimum Gasteiger partial charge on any atom is -0.337 e. The third-order valence-corrected chi connectivity index (χ3v) is 2.29. The van der Waals surface area contributed by atoms with Gasteiger partial charge >= 0.3 is 0 Å². The number of rotatable bonds is 4. The highest BCUT2D eigenvalue weighted by Gasteiger charge is 2.10. The Hall–Kier alpha value is -1.91. The zero-order valence-electron chi connectivity index (χ0n) is 9.25. The molecule has 0 N–H and O–H groups in total. The molecule has 0 saturated heterocycles. The number of carbonyl (C=O) groups excluding carboxylic acids is 1.